The smallest absolute Gasteiger partial charge is 0.237 e. The van der Waals surface area contributed by atoms with E-state index in [9.17, 15) is 4.79 Å². The summed E-state index contributed by atoms with van der Waals surface area (Å²) >= 11 is 6.95. The average molecular weight is 436 g/mol. The van der Waals surface area contributed by atoms with E-state index in [1.54, 1.807) is 11.8 Å². The van der Waals surface area contributed by atoms with Gasteiger partial charge in [0.05, 0.1) is 5.25 Å². The van der Waals surface area contributed by atoms with Gasteiger partial charge in [0.2, 0.25) is 5.91 Å². The molecule has 0 heterocycles. The highest BCUT2D eigenvalue weighted by molar-refractivity contribution is 8.00. The zero-order valence-electron chi connectivity index (χ0n) is 17.0. The highest BCUT2D eigenvalue weighted by Crippen LogP contribution is 2.28. The van der Waals surface area contributed by atoms with E-state index in [1.165, 1.54) is 0 Å². The number of thioether (sulfide) groups is 1. The zero-order valence-corrected chi connectivity index (χ0v) is 18.6. The van der Waals surface area contributed by atoms with E-state index in [0.29, 0.717) is 5.11 Å². The van der Waals surface area contributed by atoms with Crippen LogP contribution in [0.25, 0.3) is 0 Å². The molecule has 0 aromatic heterocycles. The van der Waals surface area contributed by atoms with Crippen molar-refractivity contribution < 1.29 is 4.79 Å². The predicted molar refractivity (Wildman–Crippen MR) is 132 cm³/mol. The molecule has 0 aliphatic carbocycles. The average Bonchev–Trinajstić information content (AvgIpc) is 2.73. The molecule has 3 aromatic rings. The van der Waals surface area contributed by atoms with E-state index in [4.69, 9.17) is 12.2 Å². The molecule has 0 saturated heterocycles. The van der Waals surface area contributed by atoms with Crippen LogP contribution in [0.1, 0.15) is 18.9 Å². The molecule has 154 valence electrons. The molecule has 1 unspecified atom stereocenters. The number of carbonyl (C=O) groups is 1. The maximum absolute atomic E-state index is 12.7. The third-order valence-electron chi connectivity index (χ3n) is 4.35. The topological polar surface area (TPSA) is 53.2 Å². The van der Waals surface area contributed by atoms with E-state index >= 15 is 0 Å². The van der Waals surface area contributed by atoms with E-state index in [1.807, 2.05) is 92.7 Å². The van der Waals surface area contributed by atoms with Gasteiger partial charge >= 0.3 is 0 Å². The number of hydrogen-bond donors (Lipinski definition) is 3. The second kappa shape index (κ2) is 10.8. The summed E-state index contributed by atoms with van der Waals surface area (Å²) in [4.78, 5) is 13.8. The first-order chi connectivity index (χ1) is 14.5. The molecule has 3 N–H and O–H groups in total. The highest BCUT2D eigenvalue weighted by Gasteiger charge is 2.18. The van der Waals surface area contributed by atoms with Crippen LogP contribution in [0.2, 0.25) is 0 Å². The van der Waals surface area contributed by atoms with Gasteiger partial charge in [0.15, 0.2) is 5.11 Å². The maximum atomic E-state index is 12.7. The van der Waals surface area contributed by atoms with Crippen molar-refractivity contribution in [1.82, 2.24) is 0 Å². The highest BCUT2D eigenvalue weighted by atomic mass is 32.2. The third kappa shape index (κ3) is 6.61. The van der Waals surface area contributed by atoms with Crippen molar-refractivity contribution in [2.75, 3.05) is 16.0 Å². The quantitative estimate of drug-likeness (QED) is 0.300. The number of thiocarbonyl (C=S) groups is 1. The van der Waals surface area contributed by atoms with Crippen molar-refractivity contribution in [3.8, 4) is 0 Å². The fourth-order valence-corrected chi connectivity index (χ4v) is 4.14. The third-order valence-corrected chi connectivity index (χ3v) is 5.91. The van der Waals surface area contributed by atoms with Crippen LogP contribution in [-0.4, -0.2) is 16.3 Å². The van der Waals surface area contributed by atoms with E-state index in [-0.39, 0.29) is 11.2 Å². The lowest BCUT2D eigenvalue weighted by Crippen LogP contribution is -2.24. The summed E-state index contributed by atoms with van der Waals surface area (Å²) in [5, 5.41) is 9.72. The fraction of sp³-hybridized carbons (Fsp3) is 0.167. The first-order valence-electron chi connectivity index (χ1n) is 9.81. The Labute approximate surface area is 187 Å². The number of para-hydroxylation sites is 1. The van der Waals surface area contributed by atoms with Crippen LogP contribution in [0.4, 0.5) is 17.1 Å². The van der Waals surface area contributed by atoms with Gasteiger partial charge in [-0.05, 0) is 73.6 Å². The Morgan fingerprint density at radius 3 is 2.20 bits per heavy atom. The van der Waals surface area contributed by atoms with Crippen LogP contribution in [-0.2, 0) is 4.79 Å². The Morgan fingerprint density at radius 1 is 0.867 bits per heavy atom. The minimum atomic E-state index is -0.185. The van der Waals surface area contributed by atoms with Gasteiger partial charge in [-0.1, -0.05) is 43.3 Å². The lowest BCUT2D eigenvalue weighted by atomic mass is 10.2. The summed E-state index contributed by atoms with van der Waals surface area (Å²) < 4.78 is 0. The lowest BCUT2D eigenvalue weighted by Gasteiger charge is -2.16. The summed E-state index contributed by atoms with van der Waals surface area (Å²) in [6, 6.07) is 25.5. The molecule has 0 fully saturated rings. The molecular formula is C24H25N3OS2. The van der Waals surface area contributed by atoms with Gasteiger partial charge in [-0.3, -0.25) is 4.79 Å². The molecule has 0 bridgehead atoms. The van der Waals surface area contributed by atoms with Gasteiger partial charge < -0.3 is 16.0 Å². The van der Waals surface area contributed by atoms with Crippen LogP contribution < -0.4 is 16.0 Å². The van der Waals surface area contributed by atoms with Crippen molar-refractivity contribution in [3.63, 3.8) is 0 Å². The van der Waals surface area contributed by atoms with Gasteiger partial charge in [0.1, 0.15) is 0 Å². The number of amides is 1. The zero-order chi connectivity index (χ0) is 21.3. The van der Waals surface area contributed by atoms with Crippen LogP contribution in [0, 0.1) is 6.92 Å². The molecule has 0 aliphatic rings. The molecule has 6 heteroatoms. The van der Waals surface area contributed by atoms with Crippen molar-refractivity contribution in [1.29, 1.82) is 0 Å². The molecule has 0 radical (unpaired) electrons. The van der Waals surface area contributed by atoms with Crippen molar-refractivity contribution >= 4 is 52.1 Å². The number of carbonyl (C=O) groups excluding carboxylic acids is 1. The van der Waals surface area contributed by atoms with Gasteiger partial charge in [0, 0.05) is 22.0 Å². The Morgan fingerprint density at radius 2 is 1.50 bits per heavy atom. The number of aryl methyl sites for hydroxylation is 1. The van der Waals surface area contributed by atoms with Gasteiger partial charge in [-0.15, -0.1) is 11.8 Å². The molecule has 0 aliphatic heterocycles. The molecule has 4 nitrogen and oxygen atoms in total. The van der Waals surface area contributed by atoms with Crippen molar-refractivity contribution in [3.05, 3.63) is 84.4 Å². The Hall–Kier alpha value is -2.83. The summed E-state index contributed by atoms with van der Waals surface area (Å²) in [7, 11) is 0. The number of rotatable bonds is 7. The molecule has 3 aromatic carbocycles. The molecule has 0 spiro atoms. The first-order valence-corrected chi connectivity index (χ1v) is 11.1. The van der Waals surface area contributed by atoms with Crippen molar-refractivity contribution in [2.45, 2.75) is 30.4 Å². The van der Waals surface area contributed by atoms with E-state index in [0.717, 1.165) is 33.9 Å². The normalized spacial score (nSPS) is 11.4. The van der Waals surface area contributed by atoms with Crippen LogP contribution in [0.3, 0.4) is 0 Å². The standard InChI is InChI=1S/C24H25N3OS2/c1-3-22(23(28)25-19-12-7-9-17(2)15-19)30-21-14-8-13-20(16-21)27-24(29)26-18-10-5-4-6-11-18/h4-16,22H,3H2,1-2H3,(H,25,28)(H2,26,27,29). The molecule has 3 rings (SSSR count). The molecule has 0 saturated carbocycles. The molecular weight excluding hydrogens is 410 g/mol. The SMILES string of the molecule is CCC(Sc1cccc(NC(=S)Nc2ccccc2)c1)C(=O)Nc1cccc(C)c1. The second-order valence-corrected chi connectivity index (χ2v) is 8.53. The van der Waals surface area contributed by atoms with Gasteiger partial charge in [-0.25, -0.2) is 0 Å². The number of anilines is 3. The molecule has 30 heavy (non-hydrogen) atoms. The van der Waals surface area contributed by atoms with Crippen molar-refractivity contribution in [2.24, 2.45) is 0 Å². The summed E-state index contributed by atoms with van der Waals surface area (Å²) in [6.45, 7) is 4.03. The molecule has 1 atom stereocenters. The minimum absolute atomic E-state index is 0.00715. The Kier molecular flexibility index (Phi) is 7.88. The van der Waals surface area contributed by atoms with E-state index in [2.05, 4.69) is 16.0 Å². The first kappa shape index (κ1) is 21.9. The Balaban J connectivity index is 1.61. The maximum Gasteiger partial charge on any atom is 0.237 e. The molecule has 1 amide bonds. The number of nitrogens with one attached hydrogen (secondary N) is 3. The Bertz CT molecular complexity index is 1010. The fourth-order valence-electron chi connectivity index (χ4n) is 2.89. The number of hydrogen-bond acceptors (Lipinski definition) is 3. The van der Waals surface area contributed by atoms with Gasteiger partial charge in [0.25, 0.3) is 0 Å². The largest absolute Gasteiger partial charge is 0.332 e. The number of benzene rings is 3. The summed E-state index contributed by atoms with van der Waals surface area (Å²) in [5.41, 5.74) is 3.75. The van der Waals surface area contributed by atoms with Gasteiger partial charge in [-0.2, -0.15) is 0 Å². The second-order valence-electron chi connectivity index (χ2n) is 6.85. The minimum Gasteiger partial charge on any atom is -0.332 e. The van der Waals surface area contributed by atoms with Crippen LogP contribution in [0.5, 0.6) is 0 Å². The van der Waals surface area contributed by atoms with E-state index < -0.39 is 0 Å². The van der Waals surface area contributed by atoms with Crippen LogP contribution in [0.15, 0.2) is 83.8 Å². The monoisotopic (exact) mass is 435 g/mol. The lowest BCUT2D eigenvalue weighted by molar-refractivity contribution is -0.115. The van der Waals surface area contributed by atoms with Crippen LogP contribution >= 0.6 is 24.0 Å². The predicted octanol–water partition coefficient (Wildman–Crippen LogP) is 6.31. The summed E-state index contributed by atoms with van der Waals surface area (Å²) in [5.74, 6) is 0.00715. The summed E-state index contributed by atoms with van der Waals surface area (Å²) in [6.07, 6.45) is 0.730.